The van der Waals surface area contributed by atoms with E-state index < -0.39 is 0 Å². The van der Waals surface area contributed by atoms with Gasteiger partial charge in [0, 0.05) is 0 Å². The van der Waals surface area contributed by atoms with E-state index >= 15 is 0 Å². The van der Waals surface area contributed by atoms with Crippen molar-refractivity contribution in [2.24, 2.45) is 0 Å². The minimum Gasteiger partial charge on any atom is -0.504 e. The second kappa shape index (κ2) is 6.60. The van der Waals surface area contributed by atoms with Gasteiger partial charge in [-0.15, -0.1) is 0 Å². The van der Waals surface area contributed by atoms with E-state index in [0.717, 1.165) is 49.2 Å². The summed E-state index contributed by atoms with van der Waals surface area (Å²) in [5.74, 6) is 0.392. The average Bonchev–Trinajstić information content (AvgIpc) is 2.74. The number of nitrogens with zero attached hydrogens (tertiary/aromatic N) is 2. The fourth-order valence-corrected chi connectivity index (χ4v) is 2.47. The van der Waals surface area contributed by atoms with Gasteiger partial charge in [-0.3, -0.25) is 0 Å². The molecule has 1 aromatic carbocycles. The first-order valence-corrected chi connectivity index (χ1v) is 7.54. The lowest BCUT2D eigenvalue weighted by molar-refractivity contribution is 0.459. The van der Waals surface area contributed by atoms with E-state index in [1.165, 1.54) is 5.56 Å². The van der Waals surface area contributed by atoms with Gasteiger partial charge in [-0.25, -0.2) is 4.68 Å². The molecule has 0 fully saturated rings. The molecule has 2 rings (SSSR count). The van der Waals surface area contributed by atoms with Crippen molar-refractivity contribution in [3.05, 3.63) is 41.2 Å². The number of hydrogen-bond donors (Lipinski definition) is 1. The Bertz CT molecular complexity index is 572. The molecule has 0 spiro atoms. The predicted molar refractivity (Wildman–Crippen MR) is 82.6 cm³/mol. The molecule has 0 saturated heterocycles. The minimum atomic E-state index is 0.392. The quantitative estimate of drug-likeness (QED) is 0.856. The summed E-state index contributed by atoms with van der Waals surface area (Å²) < 4.78 is 1.94. The molecule has 0 radical (unpaired) electrons. The molecule has 3 heteroatoms. The SMILES string of the molecule is CCCCc1c(O)c(CCC)nn1-c1ccccc1C. The summed E-state index contributed by atoms with van der Waals surface area (Å²) in [4.78, 5) is 0. The van der Waals surface area contributed by atoms with E-state index in [2.05, 4.69) is 38.0 Å². The first-order valence-electron chi connectivity index (χ1n) is 7.54. The van der Waals surface area contributed by atoms with Gasteiger partial charge in [0.15, 0.2) is 5.75 Å². The number of para-hydroxylation sites is 1. The average molecular weight is 272 g/mol. The van der Waals surface area contributed by atoms with Gasteiger partial charge in [0.25, 0.3) is 0 Å². The van der Waals surface area contributed by atoms with Gasteiger partial charge in [-0.05, 0) is 37.8 Å². The summed E-state index contributed by atoms with van der Waals surface area (Å²) in [6.07, 6.45) is 4.86. The van der Waals surface area contributed by atoms with Crippen molar-refractivity contribution in [2.45, 2.75) is 52.9 Å². The second-order valence-electron chi connectivity index (χ2n) is 5.29. The Labute approximate surface area is 121 Å². The highest BCUT2D eigenvalue weighted by Crippen LogP contribution is 2.28. The van der Waals surface area contributed by atoms with E-state index in [0.29, 0.717) is 5.75 Å². The number of aromatic hydroxyl groups is 1. The zero-order valence-electron chi connectivity index (χ0n) is 12.7. The van der Waals surface area contributed by atoms with Crippen LogP contribution in [0.15, 0.2) is 24.3 Å². The maximum atomic E-state index is 10.4. The van der Waals surface area contributed by atoms with Gasteiger partial charge < -0.3 is 5.11 Å². The van der Waals surface area contributed by atoms with Crippen LogP contribution in [0.3, 0.4) is 0 Å². The van der Waals surface area contributed by atoms with Crippen LogP contribution in [0.2, 0.25) is 0 Å². The third-order valence-corrected chi connectivity index (χ3v) is 3.62. The van der Waals surface area contributed by atoms with E-state index in [9.17, 15) is 5.11 Å². The third kappa shape index (κ3) is 2.87. The van der Waals surface area contributed by atoms with Crippen molar-refractivity contribution < 1.29 is 5.11 Å². The van der Waals surface area contributed by atoms with Gasteiger partial charge in [0.2, 0.25) is 0 Å². The Morgan fingerprint density at radius 2 is 1.85 bits per heavy atom. The summed E-state index contributed by atoms with van der Waals surface area (Å²) in [5.41, 5.74) is 4.01. The number of aromatic nitrogens is 2. The maximum Gasteiger partial charge on any atom is 0.160 e. The molecule has 0 atom stereocenters. The third-order valence-electron chi connectivity index (χ3n) is 3.62. The highest BCUT2D eigenvalue weighted by Gasteiger charge is 2.18. The molecule has 0 saturated carbocycles. The number of unbranched alkanes of at least 4 members (excludes halogenated alkanes) is 1. The van der Waals surface area contributed by atoms with E-state index in [1.807, 2.05) is 16.8 Å². The van der Waals surface area contributed by atoms with Crippen LogP contribution >= 0.6 is 0 Å². The molecule has 1 aromatic heterocycles. The number of hydrogen-bond acceptors (Lipinski definition) is 2. The molecule has 3 nitrogen and oxygen atoms in total. The topological polar surface area (TPSA) is 38.1 Å². The fourth-order valence-electron chi connectivity index (χ4n) is 2.47. The normalized spacial score (nSPS) is 10.9. The Hall–Kier alpha value is -1.77. The van der Waals surface area contributed by atoms with Crippen molar-refractivity contribution >= 4 is 0 Å². The van der Waals surface area contributed by atoms with Crippen molar-refractivity contribution in [2.75, 3.05) is 0 Å². The van der Waals surface area contributed by atoms with Crippen LogP contribution in [0, 0.1) is 6.92 Å². The molecule has 0 aliphatic heterocycles. The van der Waals surface area contributed by atoms with Crippen LogP contribution in [0.4, 0.5) is 0 Å². The van der Waals surface area contributed by atoms with Crippen molar-refractivity contribution in [1.82, 2.24) is 9.78 Å². The smallest absolute Gasteiger partial charge is 0.160 e. The number of benzene rings is 1. The first-order chi connectivity index (χ1) is 9.69. The molecule has 0 aliphatic carbocycles. The van der Waals surface area contributed by atoms with Crippen molar-refractivity contribution in [3.63, 3.8) is 0 Å². The second-order valence-corrected chi connectivity index (χ2v) is 5.29. The molecule has 108 valence electrons. The van der Waals surface area contributed by atoms with Crippen LogP contribution in [0.25, 0.3) is 5.69 Å². The fraction of sp³-hybridized carbons (Fsp3) is 0.471. The lowest BCUT2D eigenvalue weighted by atomic mass is 10.1. The monoisotopic (exact) mass is 272 g/mol. The van der Waals surface area contributed by atoms with Crippen LogP contribution < -0.4 is 0 Å². The summed E-state index contributed by atoms with van der Waals surface area (Å²) in [6.45, 7) is 6.35. The summed E-state index contributed by atoms with van der Waals surface area (Å²) in [6, 6.07) is 8.19. The molecular formula is C17H24N2O. The minimum absolute atomic E-state index is 0.392. The molecule has 0 unspecified atom stereocenters. The Kier molecular flexibility index (Phi) is 4.83. The van der Waals surface area contributed by atoms with Gasteiger partial charge in [0.1, 0.15) is 5.69 Å². The predicted octanol–water partition coefficient (Wildman–Crippen LogP) is 4.18. The van der Waals surface area contributed by atoms with E-state index in [-0.39, 0.29) is 0 Å². The number of aryl methyl sites for hydroxylation is 2. The summed E-state index contributed by atoms with van der Waals surface area (Å²) in [5, 5.41) is 15.1. The van der Waals surface area contributed by atoms with Crippen molar-refractivity contribution in [3.8, 4) is 11.4 Å². The van der Waals surface area contributed by atoms with Crippen molar-refractivity contribution in [1.29, 1.82) is 0 Å². The van der Waals surface area contributed by atoms with E-state index in [4.69, 9.17) is 0 Å². The largest absolute Gasteiger partial charge is 0.504 e. The summed E-state index contributed by atoms with van der Waals surface area (Å²) in [7, 11) is 0. The molecule has 1 heterocycles. The molecule has 1 N–H and O–H groups in total. The molecule has 2 aromatic rings. The molecule has 0 aliphatic rings. The zero-order chi connectivity index (χ0) is 14.5. The van der Waals surface area contributed by atoms with Crippen LogP contribution in [0.5, 0.6) is 5.75 Å². The Balaban J connectivity index is 2.50. The zero-order valence-corrected chi connectivity index (χ0v) is 12.7. The number of rotatable bonds is 6. The maximum absolute atomic E-state index is 10.4. The van der Waals surface area contributed by atoms with Crippen LogP contribution in [-0.4, -0.2) is 14.9 Å². The highest BCUT2D eigenvalue weighted by atomic mass is 16.3. The standard InChI is InChI=1S/C17H24N2O/c1-4-6-11-16-17(20)14(9-5-2)18-19(16)15-12-8-7-10-13(15)3/h7-8,10,12,20H,4-6,9,11H2,1-3H3. The van der Waals surface area contributed by atoms with Crippen LogP contribution in [0.1, 0.15) is 50.1 Å². The first kappa shape index (κ1) is 14.6. The Morgan fingerprint density at radius 1 is 1.10 bits per heavy atom. The van der Waals surface area contributed by atoms with E-state index in [1.54, 1.807) is 0 Å². The van der Waals surface area contributed by atoms with Gasteiger partial charge in [-0.1, -0.05) is 44.9 Å². The van der Waals surface area contributed by atoms with Gasteiger partial charge in [-0.2, -0.15) is 5.10 Å². The molecular weight excluding hydrogens is 248 g/mol. The van der Waals surface area contributed by atoms with Gasteiger partial charge >= 0.3 is 0 Å². The molecule has 0 bridgehead atoms. The highest BCUT2D eigenvalue weighted by molar-refractivity contribution is 5.45. The van der Waals surface area contributed by atoms with Gasteiger partial charge in [0.05, 0.1) is 11.4 Å². The Morgan fingerprint density at radius 3 is 2.50 bits per heavy atom. The lowest BCUT2D eigenvalue weighted by Crippen LogP contribution is -2.04. The molecule has 20 heavy (non-hydrogen) atoms. The van der Waals surface area contributed by atoms with Crippen LogP contribution in [-0.2, 0) is 12.8 Å². The lowest BCUT2D eigenvalue weighted by Gasteiger charge is -2.09. The molecule has 0 amide bonds. The summed E-state index contributed by atoms with van der Waals surface area (Å²) >= 11 is 0.